The lowest BCUT2D eigenvalue weighted by molar-refractivity contribution is -0.118. The third kappa shape index (κ3) is 5.80. The van der Waals surface area contributed by atoms with Gasteiger partial charge in [-0.2, -0.15) is 4.99 Å². The maximum absolute atomic E-state index is 13.4. The van der Waals surface area contributed by atoms with Gasteiger partial charge in [-0.3, -0.25) is 9.59 Å². The Balaban J connectivity index is 1.99. The molecule has 0 saturated carbocycles. The normalized spacial score (nSPS) is 11.4. The molecule has 0 fully saturated rings. The molecule has 0 atom stereocenters. The number of thiazole rings is 1. The summed E-state index contributed by atoms with van der Waals surface area (Å²) >= 11 is 7.29. The summed E-state index contributed by atoms with van der Waals surface area (Å²) in [5.41, 5.74) is 1.91. The van der Waals surface area contributed by atoms with E-state index in [-0.39, 0.29) is 11.7 Å². The molecule has 1 N–H and O–H groups in total. The first kappa shape index (κ1) is 22.7. The third-order valence-electron chi connectivity index (χ3n) is 4.46. The van der Waals surface area contributed by atoms with E-state index in [4.69, 9.17) is 16.3 Å². The van der Waals surface area contributed by atoms with Crippen molar-refractivity contribution in [2.45, 2.75) is 19.9 Å². The first-order chi connectivity index (χ1) is 14.9. The van der Waals surface area contributed by atoms with Crippen LogP contribution >= 0.6 is 22.9 Å². The number of hydrogen-bond donors (Lipinski definition) is 1. The first-order valence-corrected chi connectivity index (χ1v) is 10.8. The van der Waals surface area contributed by atoms with Crippen LogP contribution in [-0.2, 0) is 11.3 Å². The molecule has 2 amide bonds. The number of hydrogen-bond acceptors (Lipinski definition) is 4. The topological polar surface area (TPSA) is 72.7 Å². The number of aromatic nitrogens is 1. The monoisotopic (exact) mass is 461 g/mol. The van der Waals surface area contributed by atoms with E-state index in [1.807, 2.05) is 9.95 Å². The van der Waals surface area contributed by atoms with E-state index >= 15 is 0 Å². The maximum atomic E-state index is 13.4. The van der Waals surface area contributed by atoms with Crippen LogP contribution in [0, 0.1) is 5.82 Å². The predicted molar refractivity (Wildman–Crippen MR) is 119 cm³/mol. The van der Waals surface area contributed by atoms with E-state index in [9.17, 15) is 14.0 Å². The van der Waals surface area contributed by atoms with Crippen molar-refractivity contribution in [3.63, 3.8) is 0 Å². The average molecular weight is 462 g/mol. The molecule has 1 aromatic heterocycles. The molecule has 0 unspecified atom stereocenters. The van der Waals surface area contributed by atoms with Crippen LogP contribution in [0.25, 0.3) is 11.3 Å². The minimum absolute atomic E-state index is 0.107. The summed E-state index contributed by atoms with van der Waals surface area (Å²) in [6.07, 6.45) is 0.635. The van der Waals surface area contributed by atoms with E-state index < -0.39 is 5.91 Å². The molecule has 0 aliphatic carbocycles. The van der Waals surface area contributed by atoms with Crippen LogP contribution < -0.4 is 14.9 Å². The minimum atomic E-state index is -0.461. The molecule has 0 spiro atoms. The van der Waals surface area contributed by atoms with E-state index in [2.05, 4.69) is 10.3 Å². The van der Waals surface area contributed by atoms with Gasteiger partial charge in [0.1, 0.15) is 11.6 Å². The second-order valence-electron chi connectivity index (χ2n) is 6.66. The number of nitrogens with one attached hydrogen (secondary N) is 1. The van der Waals surface area contributed by atoms with Crippen molar-refractivity contribution < 1.29 is 18.7 Å². The Labute approximate surface area is 188 Å². The summed E-state index contributed by atoms with van der Waals surface area (Å²) in [6.45, 7) is 2.46. The largest absolute Gasteiger partial charge is 0.496 e. The van der Waals surface area contributed by atoms with Crippen molar-refractivity contribution in [2.24, 2.45) is 4.99 Å². The number of methoxy groups -OCH3 is 1. The molecule has 3 rings (SSSR count). The molecule has 31 heavy (non-hydrogen) atoms. The summed E-state index contributed by atoms with van der Waals surface area (Å²) < 4.78 is 20.5. The summed E-state index contributed by atoms with van der Waals surface area (Å²) in [5, 5.41) is 5.08. The molecule has 0 aliphatic rings. The number of halogens is 2. The molecule has 2 aromatic carbocycles. The van der Waals surface area contributed by atoms with Gasteiger partial charge in [0.25, 0.3) is 5.91 Å². The minimum Gasteiger partial charge on any atom is -0.496 e. The highest BCUT2D eigenvalue weighted by Crippen LogP contribution is 2.24. The molecule has 1 heterocycles. The quantitative estimate of drug-likeness (QED) is 0.533. The van der Waals surface area contributed by atoms with Crippen LogP contribution in [0.15, 0.2) is 52.8 Å². The first-order valence-electron chi connectivity index (χ1n) is 9.50. The van der Waals surface area contributed by atoms with Gasteiger partial charge in [-0.1, -0.05) is 11.6 Å². The van der Waals surface area contributed by atoms with Crippen LogP contribution in [0.3, 0.4) is 0 Å². The van der Waals surface area contributed by atoms with Crippen LogP contribution in [0.4, 0.5) is 4.39 Å². The molecular formula is C22H21ClFN3O3S. The smallest absolute Gasteiger partial charge is 0.283 e. The Morgan fingerprint density at radius 2 is 1.97 bits per heavy atom. The van der Waals surface area contributed by atoms with Gasteiger partial charge in [0.2, 0.25) is 5.91 Å². The predicted octanol–water partition coefficient (Wildman–Crippen LogP) is 4.29. The number of nitrogens with zero attached hydrogens (tertiary/aromatic N) is 2. The van der Waals surface area contributed by atoms with Crippen LogP contribution in [0.1, 0.15) is 23.7 Å². The van der Waals surface area contributed by atoms with Crippen LogP contribution in [0.2, 0.25) is 5.02 Å². The Morgan fingerprint density at radius 1 is 1.23 bits per heavy atom. The molecule has 0 aliphatic heterocycles. The highest BCUT2D eigenvalue weighted by atomic mass is 35.5. The molecule has 0 bridgehead atoms. The lowest BCUT2D eigenvalue weighted by Gasteiger charge is -2.10. The van der Waals surface area contributed by atoms with Gasteiger partial charge in [-0.25, -0.2) is 4.39 Å². The van der Waals surface area contributed by atoms with Gasteiger partial charge in [-0.05, 0) is 54.4 Å². The van der Waals surface area contributed by atoms with Crippen molar-refractivity contribution in [3.8, 4) is 17.0 Å². The fourth-order valence-corrected chi connectivity index (χ4v) is 4.07. The summed E-state index contributed by atoms with van der Waals surface area (Å²) in [6, 6.07) is 10.9. The molecule has 162 valence electrons. The summed E-state index contributed by atoms with van der Waals surface area (Å²) in [5.74, 6) is -0.555. The summed E-state index contributed by atoms with van der Waals surface area (Å²) in [4.78, 5) is 28.8. The highest BCUT2D eigenvalue weighted by Gasteiger charge is 2.14. The zero-order valence-corrected chi connectivity index (χ0v) is 18.6. The van der Waals surface area contributed by atoms with Gasteiger partial charge in [0.05, 0.1) is 18.4 Å². The number of benzene rings is 2. The van der Waals surface area contributed by atoms with E-state index in [0.29, 0.717) is 40.6 Å². The molecule has 0 radical (unpaired) electrons. The van der Waals surface area contributed by atoms with Crippen molar-refractivity contribution >= 4 is 34.8 Å². The molecule has 3 aromatic rings. The summed E-state index contributed by atoms with van der Waals surface area (Å²) in [7, 11) is 1.46. The fourth-order valence-electron chi connectivity index (χ4n) is 2.98. The Hall–Kier alpha value is -2.97. The van der Waals surface area contributed by atoms with Crippen molar-refractivity contribution in [1.29, 1.82) is 0 Å². The van der Waals surface area contributed by atoms with Crippen LogP contribution in [-0.4, -0.2) is 30.0 Å². The van der Waals surface area contributed by atoms with Gasteiger partial charge >= 0.3 is 0 Å². The average Bonchev–Trinajstić information content (AvgIpc) is 3.13. The number of rotatable bonds is 7. The van der Waals surface area contributed by atoms with Gasteiger partial charge < -0.3 is 14.6 Å². The standard InChI is InChI=1S/C22H21ClFN3O3S/c1-14(28)25-10-3-11-27-19(15-4-7-17(24)8-5-15)13-31-22(27)26-21(29)18-9-6-16(23)12-20(18)30-2/h4-9,12-13H,3,10-11H2,1-2H3,(H,25,28)/b26-22-. The van der Waals surface area contributed by atoms with E-state index in [1.54, 1.807) is 30.3 Å². The van der Waals surface area contributed by atoms with Crippen molar-refractivity contribution in [3.05, 3.63) is 69.0 Å². The second-order valence-corrected chi connectivity index (χ2v) is 7.93. The van der Waals surface area contributed by atoms with Gasteiger partial charge in [-0.15, -0.1) is 11.3 Å². The lowest BCUT2D eigenvalue weighted by Crippen LogP contribution is -2.24. The van der Waals surface area contributed by atoms with Crippen LogP contribution in [0.5, 0.6) is 5.75 Å². The number of ether oxygens (including phenoxy) is 1. The van der Waals surface area contributed by atoms with E-state index in [1.165, 1.54) is 37.5 Å². The molecule has 9 heteroatoms. The highest BCUT2D eigenvalue weighted by molar-refractivity contribution is 7.07. The molecule has 6 nitrogen and oxygen atoms in total. The van der Waals surface area contributed by atoms with Crippen molar-refractivity contribution in [2.75, 3.05) is 13.7 Å². The Bertz CT molecular complexity index is 1160. The fraction of sp³-hybridized carbons (Fsp3) is 0.227. The zero-order chi connectivity index (χ0) is 22.4. The SMILES string of the molecule is COc1cc(Cl)ccc1C(=O)/N=c1\scc(-c2ccc(F)cc2)n1CCCNC(C)=O. The van der Waals surface area contributed by atoms with Gasteiger partial charge in [0, 0.05) is 30.4 Å². The molecule has 0 saturated heterocycles. The lowest BCUT2D eigenvalue weighted by atomic mass is 10.1. The number of carbonyl (C=O) groups is 2. The van der Waals surface area contributed by atoms with E-state index in [0.717, 1.165) is 11.3 Å². The van der Waals surface area contributed by atoms with Gasteiger partial charge in [0.15, 0.2) is 4.80 Å². The number of carbonyl (C=O) groups excluding carboxylic acids is 2. The maximum Gasteiger partial charge on any atom is 0.283 e. The number of amides is 2. The second kappa shape index (κ2) is 10.4. The Morgan fingerprint density at radius 3 is 2.65 bits per heavy atom. The Kier molecular flexibility index (Phi) is 7.59. The third-order valence-corrected chi connectivity index (χ3v) is 5.56. The van der Waals surface area contributed by atoms with Crippen molar-refractivity contribution in [1.82, 2.24) is 9.88 Å². The zero-order valence-electron chi connectivity index (χ0n) is 17.0. The molecular weight excluding hydrogens is 441 g/mol.